The molecule has 3 N–H and O–H groups in total. The number of hydrogen-bond donors (Lipinski definition) is 3. The molecule has 0 unspecified atom stereocenters. The topological polar surface area (TPSA) is 91.8 Å². The first-order valence-corrected chi connectivity index (χ1v) is 11.6. The molecule has 0 aromatic heterocycles. The third-order valence-corrected chi connectivity index (χ3v) is 6.53. The number of halogens is 1. The van der Waals surface area contributed by atoms with E-state index in [-0.39, 0.29) is 30.0 Å². The maximum Gasteiger partial charge on any atom is 0.240 e. The van der Waals surface area contributed by atoms with Crippen LogP contribution in [0.2, 0.25) is 0 Å². The highest BCUT2D eigenvalue weighted by molar-refractivity contribution is 14.0. The van der Waals surface area contributed by atoms with Gasteiger partial charge >= 0.3 is 0 Å². The smallest absolute Gasteiger partial charge is 0.240 e. The quantitative estimate of drug-likeness (QED) is 0.250. The van der Waals surface area contributed by atoms with E-state index in [0.717, 1.165) is 42.7 Å². The standard InChI is InChI=1S/C22H30N4O3S.HI/c1-16-4-5-17(14-21(16)29-3)12-13-24-22(23-2)25-15-18-6-10-20(11-7-18)30(27,28)26-19-8-9-19;/h4-7,10-11,14,19,26H,8-9,12-13,15H2,1-3H3,(H2,23,24,25);1H. The Kier molecular flexibility index (Phi) is 9.57. The number of sulfonamides is 1. The predicted octanol–water partition coefficient (Wildman–Crippen LogP) is 2.97. The molecule has 31 heavy (non-hydrogen) atoms. The van der Waals surface area contributed by atoms with E-state index in [1.807, 2.05) is 19.1 Å². The van der Waals surface area contributed by atoms with Crippen molar-refractivity contribution in [2.75, 3.05) is 20.7 Å². The molecule has 0 aliphatic heterocycles. The van der Waals surface area contributed by atoms with E-state index in [2.05, 4.69) is 38.5 Å². The minimum Gasteiger partial charge on any atom is -0.496 e. The normalized spacial score (nSPS) is 14.0. The minimum absolute atomic E-state index is 0. The highest BCUT2D eigenvalue weighted by atomic mass is 127. The van der Waals surface area contributed by atoms with Crippen LogP contribution in [0.5, 0.6) is 5.75 Å². The summed E-state index contributed by atoms with van der Waals surface area (Å²) in [4.78, 5) is 4.54. The zero-order valence-electron chi connectivity index (χ0n) is 18.1. The van der Waals surface area contributed by atoms with Gasteiger partial charge in [0, 0.05) is 26.2 Å². The number of rotatable bonds is 9. The van der Waals surface area contributed by atoms with Crippen LogP contribution < -0.4 is 20.1 Å². The van der Waals surface area contributed by atoms with Crippen LogP contribution in [0, 0.1) is 6.92 Å². The van der Waals surface area contributed by atoms with Crippen molar-refractivity contribution in [3.63, 3.8) is 0 Å². The molecular weight excluding hydrogens is 527 g/mol. The molecule has 0 atom stereocenters. The maximum absolute atomic E-state index is 12.2. The van der Waals surface area contributed by atoms with Crippen molar-refractivity contribution < 1.29 is 13.2 Å². The summed E-state index contributed by atoms with van der Waals surface area (Å²) >= 11 is 0. The molecule has 1 fully saturated rings. The lowest BCUT2D eigenvalue weighted by molar-refractivity contribution is 0.411. The van der Waals surface area contributed by atoms with Crippen molar-refractivity contribution in [3.8, 4) is 5.75 Å². The first-order chi connectivity index (χ1) is 14.4. The Labute approximate surface area is 202 Å². The van der Waals surface area contributed by atoms with Gasteiger partial charge in [0.1, 0.15) is 5.75 Å². The predicted molar refractivity (Wildman–Crippen MR) is 135 cm³/mol. The lowest BCUT2D eigenvalue weighted by Gasteiger charge is -2.13. The Hall–Kier alpha value is -1.85. The van der Waals surface area contributed by atoms with Gasteiger partial charge < -0.3 is 15.4 Å². The fourth-order valence-electron chi connectivity index (χ4n) is 3.03. The van der Waals surface area contributed by atoms with Crippen molar-refractivity contribution in [3.05, 3.63) is 59.2 Å². The monoisotopic (exact) mass is 558 g/mol. The molecule has 1 aliphatic rings. The van der Waals surface area contributed by atoms with E-state index < -0.39 is 10.0 Å². The molecule has 0 bridgehead atoms. The lowest BCUT2D eigenvalue weighted by Crippen LogP contribution is -2.37. The Balaban J connectivity index is 0.00000341. The number of hydrogen-bond acceptors (Lipinski definition) is 4. The highest BCUT2D eigenvalue weighted by Crippen LogP contribution is 2.22. The summed E-state index contributed by atoms with van der Waals surface area (Å²) in [5, 5.41) is 6.55. The molecule has 0 spiro atoms. The zero-order chi connectivity index (χ0) is 21.6. The molecular formula is C22H31IN4O3S. The average molecular weight is 558 g/mol. The number of nitrogens with zero attached hydrogens (tertiary/aromatic N) is 1. The molecule has 0 radical (unpaired) electrons. The number of ether oxygens (including phenoxy) is 1. The summed E-state index contributed by atoms with van der Waals surface area (Å²) in [6.07, 6.45) is 2.69. The van der Waals surface area contributed by atoms with Crippen LogP contribution >= 0.6 is 24.0 Å². The minimum atomic E-state index is -3.41. The third kappa shape index (κ3) is 7.65. The second kappa shape index (κ2) is 11.7. The Morgan fingerprint density at radius 3 is 2.39 bits per heavy atom. The van der Waals surface area contributed by atoms with E-state index in [4.69, 9.17) is 4.74 Å². The summed E-state index contributed by atoms with van der Waals surface area (Å²) in [6.45, 7) is 3.31. The van der Waals surface area contributed by atoms with Crippen LogP contribution in [0.25, 0.3) is 0 Å². The fraction of sp³-hybridized carbons (Fsp3) is 0.409. The number of nitrogens with one attached hydrogen (secondary N) is 3. The number of aliphatic imine (C=N–C) groups is 1. The molecule has 1 saturated carbocycles. The van der Waals surface area contributed by atoms with Gasteiger partial charge in [0.2, 0.25) is 10.0 Å². The first-order valence-electron chi connectivity index (χ1n) is 10.1. The van der Waals surface area contributed by atoms with Crippen molar-refractivity contribution >= 4 is 40.0 Å². The summed E-state index contributed by atoms with van der Waals surface area (Å²) < 4.78 is 32.5. The third-order valence-electron chi connectivity index (χ3n) is 4.99. The number of methoxy groups -OCH3 is 1. The molecule has 0 heterocycles. The van der Waals surface area contributed by atoms with Gasteiger partial charge in [0.05, 0.1) is 12.0 Å². The van der Waals surface area contributed by atoms with Crippen molar-refractivity contribution in [1.82, 2.24) is 15.4 Å². The molecule has 7 nitrogen and oxygen atoms in total. The van der Waals surface area contributed by atoms with Gasteiger partial charge in [-0.15, -0.1) is 24.0 Å². The van der Waals surface area contributed by atoms with Crippen LogP contribution in [-0.4, -0.2) is 41.1 Å². The van der Waals surface area contributed by atoms with Crippen LogP contribution in [0.4, 0.5) is 0 Å². The first kappa shape index (κ1) is 25.4. The average Bonchev–Trinajstić information content (AvgIpc) is 3.55. The van der Waals surface area contributed by atoms with E-state index in [0.29, 0.717) is 17.4 Å². The summed E-state index contributed by atoms with van der Waals surface area (Å²) in [7, 11) is -0.00344. The van der Waals surface area contributed by atoms with Crippen LogP contribution in [0.3, 0.4) is 0 Å². The molecule has 9 heteroatoms. The van der Waals surface area contributed by atoms with Crippen molar-refractivity contribution in [2.24, 2.45) is 4.99 Å². The summed E-state index contributed by atoms with van der Waals surface area (Å²) in [6, 6.07) is 13.2. The Morgan fingerprint density at radius 2 is 1.77 bits per heavy atom. The Bertz CT molecular complexity index is 990. The van der Waals surface area contributed by atoms with E-state index >= 15 is 0 Å². The molecule has 1 aliphatic carbocycles. The van der Waals surface area contributed by atoms with Crippen LogP contribution in [0.15, 0.2) is 52.4 Å². The Morgan fingerprint density at radius 1 is 1.10 bits per heavy atom. The van der Waals surface area contributed by atoms with Gasteiger partial charge in [0.15, 0.2) is 5.96 Å². The van der Waals surface area contributed by atoms with Gasteiger partial charge in [0.25, 0.3) is 0 Å². The molecule has 2 aromatic carbocycles. The van der Waals surface area contributed by atoms with Gasteiger partial charge in [-0.1, -0.05) is 24.3 Å². The zero-order valence-corrected chi connectivity index (χ0v) is 21.3. The molecule has 2 aromatic rings. The lowest BCUT2D eigenvalue weighted by atomic mass is 10.1. The SMILES string of the molecule is CN=C(NCCc1ccc(C)c(OC)c1)NCc1ccc(S(=O)(=O)NC2CC2)cc1.I. The van der Waals surface area contributed by atoms with Crippen molar-refractivity contribution in [2.45, 2.75) is 43.7 Å². The van der Waals surface area contributed by atoms with Gasteiger partial charge in [-0.3, -0.25) is 4.99 Å². The maximum atomic E-state index is 12.2. The molecule has 3 rings (SSSR count). The van der Waals surface area contributed by atoms with Crippen LogP contribution in [-0.2, 0) is 23.0 Å². The molecule has 170 valence electrons. The summed E-state index contributed by atoms with van der Waals surface area (Å²) in [5.41, 5.74) is 3.29. The van der Waals surface area contributed by atoms with E-state index in [1.165, 1.54) is 5.56 Å². The second-order valence-electron chi connectivity index (χ2n) is 7.45. The van der Waals surface area contributed by atoms with E-state index in [9.17, 15) is 8.42 Å². The fourth-order valence-corrected chi connectivity index (χ4v) is 4.33. The van der Waals surface area contributed by atoms with Gasteiger partial charge in [-0.2, -0.15) is 0 Å². The second-order valence-corrected chi connectivity index (χ2v) is 9.16. The highest BCUT2D eigenvalue weighted by Gasteiger charge is 2.27. The van der Waals surface area contributed by atoms with Gasteiger partial charge in [-0.05, 0) is 61.1 Å². The van der Waals surface area contributed by atoms with E-state index in [1.54, 1.807) is 26.3 Å². The van der Waals surface area contributed by atoms with Crippen molar-refractivity contribution in [1.29, 1.82) is 0 Å². The number of guanidine groups is 1. The molecule has 0 saturated heterocycles. The summed E-state index contributed by atoms with van der Waals surface area (Å²) in [5.74, 6) is 1.59. The van der Waals surface area contributed by atoms with Crippen LogP contribution in [0.1, 0.15) is 29.5 Å². The van der Waals surface area contributed by atoms with Gasteiger partial charge in [-0.25, -0.2) is 13.1 Å². The number of aryl methyl sites for hydroxylation is 1. The largest absolute Gasteiger partial charge is 0.496 e. The number of benzene rings is 2. The molecule has 0 amide bonds.